The molecule has 0 aromatic heterocycles. The molecule has 0 fully saturated rings. The van der Waals surface area contributed by atoms with E-state index in [1.54, 1.807) is 11.8 Å². The van der Waals surface area contributed by atoms with Gasteiger partial charge in [-0.25, -0.2) is 0 Å². The van der Waals surface area contributed by atoms with E-state index in [0.717, 1.165) is 21.2 Å². The minimum Gasteiger partial charge on any atom is -0.347 e. The number of benzene rings is 1. The zero-order valence-electron chi connectivity index (χ0n) is 15.6. The van der Waals surface area contributed by atoms with Gasteiger partial charge in [0.25, 0.3) is 11.8 Å². The smallest absolute Gasteiger partial charge is 0.279 e. The molecule has 1 unspecified atom stereocenters. The Balaban J connectivity index is 2.62. The maximum atomic E-state index is 12.4. The Morgan fingerprint density at radius 1 is 1.20 bits per heavy atom. The maximum absolute atomic E-state index is 12.4. The standard InChI is InChI=1S/C19H29N3O2S/c1-6-12-25-16-11-9-8-10-15(16)20-17(23)13-22(7-2)14-18(24)21-19(3,4)5/h6,8-11H,1,7,12-14H2,2-5H3,(H,20,23)(H,21,24)/p+1. The van der Waals surface area contributed by atoms with Gasteiger partial charge in [0, 0.05) is 16.2 Å². The SMILES string of the molecule is C=CCSc1ccccc1NC(=O)C[NH+](CC)CC(=O)NC(C)(C)C. The number of nitrogens with one attached hydrogen (secondary N) is 3. The third kappa shape index (κ3) is 8.74. The molecule has 25 heavy (non-hydrogen) atoms. The van der Waals surface area contributed by atoms with Gasteiger partial charge in [0.2, 0.25) is 0 Å². The second-order valence-corrected chi connectivity index (χ2v) is 7.96. The van der Waals surface area contributed by atoms with Crippen molar-refractivity contribution in [2.45, 2.75) is 38.1 Å². The van der Waals surface area contributed by atoms with Crippen LogP contribution in [0.5, 0.6) is 0 Å². The number of thioether (sulfide) groups is 1. The van der Waals surface area contributed by atoms with Crippen molar-refractivity contribution in [1.29, 1.82) is 0 Å². The van der Waals surface area contributed by atoms with Crippen LogP contribution in [0.2, 0.25) is 0 Å². The summed E-state index contributed by atoms with van der Waals surface area (Å²) in [5.74, 6) is 0.651. The third-order valence-electron chi connectivity index (χ3n) is 3.35. The predicted molar refractivity (Wildman–Crippen MR) is 105 cm³/mol. The molecular weight excluding hydrogens is 334 g/mol. The Morgan fingerprint density at radius 2 is 1.84 bits per heavy atom. The number of para-hydroxylation sites is 1. The Morgan fingerprint density at radius 3 is 2.44 bits per heavy atom. The van der Waals surface area contributed by atoms with Gasteiger partial charge >= 0.3 is 0 Å². The molecule has 0 radical (unpaired) electrons. The number of quaternary nitrogens is 1. The summed E-state index contributed by atoms with van der Waals surface area (Å²) in [7, 11) is 0. The van der Waals surface area contributed by atoms with E-state index in [1.165, 1.54) is 0 Å². The number of hydrogen-bond donors (Lipinski definition) is 3. The van der Waals surface area contributed by atoms with E-state index in [4.69, 9.17) is 0 Å². The van der Waals surface area contributed by atoms with Crippen molar-refractivity contribution in [2.75, 3.05) is 30.7 Å². The predicted octanol–water partition coefficient (Wildman–Crippen LogP) is 1.72. The highest BCUT2D eigenvalue weighted by molar-refractivity contribution is 7.99. The molecule has 0 saturated heterocycles. The molecule has 0 aliphatic heterocycles. The molecular formula is C19H30N3O2S+. The van der Waals surface area contributed by atoms with E-state index in [0.29, 0.717) is 6.54 Å². The van der Waals surface area contributed by atoms with Crippen molar-refractivity contribution in [3.63, 3.8) is 0 Å². The van der Waals surface area contributed by atoms with Crippen LogP contribution in [0.15, 0.2) is 41.8 Å². The summed E-state index contributed by atoms with van der Waals surface area (Å²) in [5, 5.41) is 5.89. The summed E-state index contributed by atoms with van der Waals surface area (Å²) in [6, 6.07) is 7.71. The monoisotopic (exact) mass is 364 g/mol. The summed E-state index contributed by atoms with van der Waals surface area (Å²) >= 11 is 1.63. The van der Waals surface area contributed by atoms with Crippen LogP contribution in [0.3, 0.4) is 0 Å². The van der Waals surface area contributed by atoms with E-state index in [9.17, 15) is 9.59 Å². The molecule has 5 nitrogen and oxygen atoms in total. The number of anilines is 1. The number of hydrogen-bond acceptors (Lipinski definition) is 3. The fourth-order valence-corrected chi connectivity index (χ4v) is 3.01. The van der Waals surface area contributed by atoms with Crippen molar-refractivity contribution in [1.82, 2.24) is 5.32 Å². The van der Waals surface area contributed by atoms with Crippen LogP contribution in [0.4, 0.5) is 5.69 Å². The summed E-state index contributed by atoms with van der Waals surface area (Å²) in [6.07, 6.45) is 1.83. The molecule has 0 saturated carbocycles. The van der Waals surface area contributed by atoms with Crippen LogP contribution >= 0.6 is 11.8 Å². The van der Waals surface area contributed by atoms with Crippen LogP contribution in [-0.2, 0) is 9.59 Å². The summed E-state index contributed by atoms with van der Waals surface area (Å²) in [4.78, 5) is 26.4. The Labute approximate surface area is 155 Å². The molecule has 0 heterocycles. The van der Waals surface area contributed by atoms with Gasteiger partial charge in [0.15, 0.2) is 13.1 Å². The van der Waals surface area contributed by atoms with Crippen LogP contribution in [0.1, 0.15) is 27.7 Å². The quantitative estimate of drug-likeness (QED) is 0.462. The minimum absolute atomic E-state index is 0.0425. The third-order valence-corrected chi connectivity index (χ3v) is 4.42. The average Bonchev–Trinajstić information content (AvgIpc) is 2.51. The van der Waals surface area contributed by atoms with E-state index in [1.807, 2.05) is 58.0 Å². The van der Waals surface area contributed by atoms with Gasteiger partial charge in [-0.15, -0.1) is 18.3 Å². The first-order valence-corrected chi connectivity index (χ1v) is 9.51. The molecule has 0 bridgehead atoms. The highest BCUT2D eigenvalue weighted by Crippen LogP contribution is 2.26. The molecule has 0 aliphatic carbocycles. The fourth-order valence-electron chi connectivity index (χ4n) is 2.27. The van der Waals surface area contributed by atoms with E-state index < -0.39 is 0 Å². The molecule has 6 heteroatoms. The molecule has 3 N–H and O–H groups in total. The van der Waals surface area contributed by atoms with Crippen LogP contribution in [0, 0.1) is 0 Å². The highest BCUT2D eigenvalue weighted by atomic mass is 32.2. The average molecular weight is 365 g/mol. The van der Waals surface area contributed by atoms with E-state index in [-0.39, 0.29) is 30.4 Å². The normalized spacial score (nSPS) is 12.3. The van der Waals surface area contributed by atoms with Crippen molar-refractivity contribution in [3.05, 3.63) is 36.9 Å². The first kappa shape index (κ1) is 21.3. The number of likely N-dealkylation sites (N-methyl/N-ethyl adjacent to an activating group) is 1. The van der Waals surface area contributed by atoms with E-state index >= 15 is 0 Å². The maximum Gasteiger partial charge on any atom is 0.279 e. The zero-order chi connectivity index (χ0) is 18.9. The molecule has 0 aliphatic rings. The molecule has 1 aromatic rings. The number of carbonyl (C=O) groups is 2. The van der Waals surface area contributed by atoms with Crippen molar-refractivity contribution in [2.24, 2.45) is 0 Å². The molecule has 1 rings (SSSR count). The van der Waals surface area contributed by atoms with Crippen molar-refractivity contribution >= 4 is 29.3 Å². The van der Waals surface area contributed by atoms with Crippen LogP contribution in [-0.4, -0.2) is 42.7 Å². The van der Waals surface area contributed by atoms with E-state index in [2.05, 4.69) is 17.2 Å². The molecule has 2 amide bonds. The molecule has 138 valence electrons. The zero-order valence-corrected chi connectivity index (χ0v) is 16.5. The first-order valence-electron chi connectivity index (χ1n) is 8.52. The lowest BCUT2D eigenvalue weighted by molar-refractivity contribution is -0.881. The highest BCUT2D eigenvalue weighted by Gasteiger charge is 2.20. The number of amides is 2. The van der Waals surface area contributed by atoms with Gasteiger partial charge in [-0.1, -0.05) is 18.2 Å². The second-order valence-electron chi connectivity index (χ2n) is 6.90. The lowest BCUT2D eigenvalue weighted by Crippen LogP contribution is -3.14. The summed E-state index contributed by atoms with van der Waals surface area (Å²) in [5.41, 5.74) is 0.536. The van der Waals surface area contributed by atoms with Gasteiger partial charge in [0.1, 0.15) is 0 Å². The number of rotatable bonds is 9. The Kier molecular flexibility index (Phi) is 8.72. The van der Waals surface area contributed by atoms with Crippen molar-refractivity contribution in [3.8, 4) is 0 Å². The van der Waals surface area contributed by atoms with Crippen molar-refractivity contribution < 1.29 is 14.5 Å². The fraction of sp³-hybridized carbons (Fsp3) is 0.474. The van der Waals surface area contributed by atoms with Gasteiger partial charge in [0.05, 0.1) is 12.2 Å². The number of carbonyl (C=O) groups excluding carboxylic acids is 2. The first-order chi connectivity index (χ1) is 11.7. The second kappa shape index (κ2) is 10.3. The Hall–Kier alpha value is -1.79. The van der Waals surface area contributed by atoms with Gasteiger partial charge in [-0.3, -0.25) is 9.59 Å². The van der Waals surface area contributed by atoms with Gasteiger partial charge in [-0.2, -0.15) is 0 Å². The minimum atomic E-state index is -0.264. The van der Waals surface area contributed by atoms with Gasteiger partial charge < -0.3 is 15.5 Å². The lowest BCUT2D eigenvalue weighted by atomic mass is 10.1. The lowest BCUT2D eigenvalue weighted by Gasteiger charge is -2.23. The Bertz CT molecular complexity index is 597. The van der Waals surface area contributed by atoms with Crippen LogP contribution < -0.4 is 15.5 Å². The molecule has 1 aromatic carbocycles. The largest absolute Gasteiger partial charge is 0.347 e. The molecule has 1 atom stereocenters. The van der Waals surface area contributed by atoms with Gasteiger partial charge in [-0.05, 0) is 39.8 Å². The topological polar surface area (TPSA) is 62.6 Å². The molecule has 0 spiro atoms. The van der Waals surface area contributed by atoms with Crippen LogP contribution in [0.25, 0.3) is 0 Å². The summed E-state index contributed by atoms with van der Waals surface area (Å²) in [6.45, 7) is 12.8. The summed E-state index contributed by atoms with van der Waals surface area (Å²) < 4.78 is 0.